The van der Waals surface area contributed by atoms with Gasteiger partial charge in [-0.1, -0.05) is 0 Å². The van der Waals surface area contributed by atoms with Gasteiger partial charge in [-0.05, 0) is 26.7 Å². The van der Waals surface area contributed by atoms with E-state index in [9.17, 15) is 9.90 Å². The molecule has 0 saturated carbocycles. The lowest BCUT2D eigenvalue weighted by atomic mass is 10.1. The smallest absolute Gasteiger partial charge is 0.241 e. The molecule has 0 bridgehead atoms. The number of carbonyl (C=O) groups is 1. The zero-order valence-electron chi connectivity index (χ0n) is 11.2. The Morgan fingerprint density at radius 3 is 2.95 bits per heavy atom. The van der Waals surface area contributed by atoms with Gasteiger partial charge in [0, 0.05) is 18.6 Å². The summed E-state index contributed by atoms with van der Waals surface area (Å²) in [5.74, 6) is 0.258. The predicted octanol–water partition coefficient (Wildman–Crippen LogP) is 0.0904. The minimum absolute atomic E-state index is 0.240. The highest BCUT2D eigenvalue weighted by atomic mass is 16.4. The largest absolute Gasteiger partial charge is 0.426 e. The second-order valence-corrected chi connectivity index (χ2v) is 5.11. The van der Waals surface area contributed by atoms with E-state index in [0.29, 0.717) is 12.6 Å². The van der Waals surface area contributed by atoms with Crippen molar-refractivity contribution in [2.24, 2.45) is 0 Å². The van der Waals surface area contributed by atoms with E-state index in [2.05, 4.69) is 22.4 Å². The van der Waals surface area contributed by atoms with E-state index in [1.54, 1.807) is 6.92 Å². The molecule has 1 aliphatic rings. The summed E-state index contributed by atoms with van der Waals surface area (Å²) in [5.41, 5.74) is 0. The van der Waals surface area contributed by atoms with Gasteiger partial charge in [0.05, 0.1) is 6.10 Å². The second kappa shape index (κ2) is 6.12. The molecule has 1 aromatic rings. The Morgan fingerprint density at radius 1 is 1.68 bits per heavy atom. The number of amides is 1. The van der Waals surface area contributed by atoms with Crippen LogP contribution in [0.5, 0.6) is 0 Å². The van der Waals surface area contributed by atoms with E-state index < -0.39 is 12.1 Å². The molecule has 7 nitrogen and oxygen atoms in total. The van der Waals surface area contributed by atoms with Crippen LogP contribution < -0.4 is 5.32 Å². The van der Waals surface area contributed by atoms with Gasteiger partial charge in [0.1, 0.15) is 6.04 Å². The van der Waals surface area contributed by atoms with Gasteiger partial charge < -0.3 is 19.7 Å². The third-order valence-corrected chi connectivity index (χ3v) is 3.48. The van der Waals surface area contributed by atoms with Crippen LogP contribution >= 0.6 is 0 Å². The maximum Gasteiger partial charge on any atom is 0.241 e. The summed E-state index contributed by atoms with van der Waals surface area (Å²) in [6, 6.07) is 0.106. The van der Waals surface area contributed by atoms with Gasteiger partial charge >= 0.3 is 0 Å². The summed E-state index contributed by atoms with van der Waals surface area (Å²) < 4.78 is 5.12. The molecule has 1 fully saturated rings. The molecule has 4 atom stereocenters. The van der Waals surface area contributed by atoms with Gasteiger partial charge in [-0.25, -0.2) is 0 Å². The molecule has 19 heavy (non-hydrogen) atoms. The molecule has 0 radical (unpaired) electrons. The van der Waals surface area contributed by atoms with Crippen molar-refractivity contribution in [1.29, 1.82) is 0 Å². The van der Waals surface area contributed by atoms with E-state index >= 15 is 0 Å². The molecule has 2 N–H and O–H groups in total. The van der Waals surface area contributed by atoms with Crippen LogP contribution in [0.4, 0.5) is 0 Å². The number of carbonyl (C=O) groups excluding carboxylic acids is 1. The minimum atomic E-state index is -0.774. The first kappa shape index (κ1) is 14.0. The normalized spacial score (nSPS) is 26.1. The van der Waals surface area contributed by atoms with Crippen LogP contribution in [-0.4, -0.2) is 51.3 Å². The van der Waals surface area contributed by atoms with Crippen molar-refractivity contribution in [3.8, 4) is 0 Å². The van der Waals surface area contributed by atoms with Crippen LogP contribution in [0.2, 0.25) is 0 Å². The summed E-state index contributed by atoms with van der Waals surface area (Å²) in [6.45, 7) is 4.25. The Hall–Kier alpha value is -1.47. The lowest BCUT2D eigenvalue weighted by Gasteiger charge is -2.30. The highest BCUT2D eigenvalue weighted by Gasteiger charge is 2.31. The molecule has 7 heteroatoms. The SMILES string of the molecule is CC1CCC(CN(C=O)[C@H](c2nnco2)[C@@H](C)O)N1. The molecule has 1 aliphatic heterocycles. The van der Waals surface area contributed by atoms with Gasteiger partial charge in [-0.2, -0.15) is 0 Å². The molecule has 2 rings (SSSR count). The first-order valence-electron chi connectivity index (χ1n) is 6.53. The van der Waals surface area contributed by atoms with E-state index in [1.807, 2.05) is 0 Å². The van der Waals surface area contributed by atoms with Gasteiger partial charge in [-0.15, -0.1) is 10.2 Å². The number of rotatable bonds is 6. The predicted molar refractivity (Wildman–Crippen MR) is 67.1 cm³/mol. The molecule has 2 heterocycles. The number of nitrogens with one attached hydrogen (secondary N) is 1. The summed E-state index contributed by atoms with van der Waals surface area (Å²) in [5, 5.41) is 20.7. The van der Waals surface area contributed by atoms with E-state index in [0.717, 1.165) is 19.3 Å². The van der Waals surface area contributed by atoms with E-state index in [4.69, 9.17) is 4.42 Å². The molecular formula is C12H20N4O3. The van der Waals surface area contributed by atoms with Crippen molar-refractivity contribution in [2.75, 3.05) is 6.54 Å². The van der Waals surface area contributed by atoms with Crippen molar-refractivity contribution >= 4 is 6.41 Å². The number of aliphatic hydroxyl groups is 1. The maximum atomic E-state index is 11.3. The number of nitrogens with zero attached hydrogens (tertiary/aromatic N) is 3. The molecule has 2 unspecified atom stereocenters. The molecule has 0 aliphatic carbocycles. The van der Waals surface area contributed by atoms with Crippen LogP contribution in [0.1, 0.15) is 38.6 Å². The van der Waals surface area contributed by atoms with E-state index in [-0.39, 0.29) is 11.9 Å². The van der Waals surface area contributed by atoms with Gasteiger partial charge in [0.15, 0.2) is 0 Å². The molecule has 106 valence electrons. The number of hydrogen-bond donors (Lipinski definition) is 2. The van der Waals surface area contributed by atoms with Crippen molar-refractivity contribution < 1.29 is 14.3 Å². The van der Waals surface area contributed by atoms with Crippen LogP contribution in [0.3, 0.4) is 0 Å². The lowest BCUT2D eigenvalue weighted by molar-refractivity contribution is -0.123. The number of hydrogen-bond acceptors (Lipinski definition) is 6. The zero-order chi connectivity index (χ0) is 13.8. The van der Waals surface area contributed by atoms with Crippen LogP contribution in [0, 0.1) is 0 Å². The average Bonchev–Trinajstić information content (AvgIpc) is 3.00. The Bertz CT molecular complexity index is 396. The Balaban J connectivity index is 2.07. The molecule has 0 aromatic carbocycles. The van der Waals surface area contributed by atoms with Crippen molar-refractivity contribution in [1.82, 2.24) is 20.4 Å². The summed E-state index contributed by atoms with van der Waals surface area (Å²) >= 11 is 0. The fraction of sp³-hybridized carbons (Fsp3) is 0.750. The Morgan fingerprint density at radius 2 is 2.47 bits per heavy atom. The van der Waals surface area contributed by atoms with Crippen LogP contribution in [-0.2, 0) is 4.79 Å². The highest BCUT2D eigenvalue weighted by Crippen LogP contribution is 2.23. The third-order valence-electron chi connectivity index (χ3n) is 3.48. The van der Waals surface area contributed by atoms with Gasteiger partial charge in [0.2, 0.25) is 18.7 Å². The van der Waals surface area contributed by atoms with Crippen molar-refractivity contribution in [3.63, 3.8) is 0 Å². The minimum Gasteiger partial charge on any atom is -0.426 e. The summed E-state index contributed by atoms with van der Waals surface area (Å²) in [4.78, 5) is 12.8. The standard InChI is InChI=1S/C12H20N4O3/c1-8-3-4-10(14-8)5-16(7-17)11(9(2)18)12-15-13-6-19-12/h6-11,14,18H,3-5H2,1-2H3/t8?,9-,10?,11+/m1/s1. The third kappa shape index (κ3) is 3.30. The fourth-order valence-electron chi connectivity index (χ4n) is 2.58. The van der Waals surface area contributed by atoms with E-state index in [1.165, 1.54) is 11.3 Å². The van der Waals surface area contributed by atoms with Crippen molar-refractivity contribution in [3.05, 3.63) is 12.3 Å². The lowest BCUT2D eigenvalue weighted by Crippen LogP contribution is -2.43. The Labute approximate surface area is 112 Å². The number of aliphatic hydroxyl groups excluding tert-OH is 1. The molecular weight excluding hydrogens is 248 g/mol. The quantitative estimate of drug-likeness (QED) is 0.710. The second-order valence-electron chi connectivity index (χ2n) is 5.11. The average molecular weight is 268 g/mol. The fourth-order valence-corrected chi connectivity index (χ4v) is 2.58. The van der Waals surface area contributed by atoms with Crippen molar-refractivity contribution in [2.45, 2.75) is 50.9 Å². The topological polar surface area (TPSA) is 91.5 Å². The van der Waals surface area contributed by atoms with Crippen LogP contribution in [0.15, 0.2) is 10.8 Å². The first-order valence-corrected chi connectivity index (χ1v) is 6.53. The molecule has 1 saturated heterocycles. The Kier molecular flexibility index (Phi) is 4.49. The van der Waals surface area contributed by atoms with Gasteiger partial charge in [0.25, 0.3) is 0 Å². The summed E-state index contributed by atoms with van der Waals surface area (Å²) in [6.07, 6.45) is 3.26. The van der Waals surface area contributed by atoms with Gasteiger partial charge in [-0.3, -0.25) is 4.79 Å². The zero-order valence-corrected chi connectivity index (χ0v) is 11.2. The monoisotopic (exact) mass is 268 g/mol. The molecule has 1 amide bonds. The summed E-state index contributed by atoms with van der Waals surface area (Å²) in [7, 11) is 0. The molecule has 0 spiro atoms. The maximum absolute atomic E-state index is 11.3. The van der Waals surface area contributed by atoms with Crippen LogP contribution in [0.25, 0.3) is 0 Å². The highest BCUT2D eigenvalue weighted by molar-refractivity contribution is 5.48. The molecule has 1 aromatic heterocycles. The number of aromatic nitrogens is 2. The first-order chi connectivity index (χ1) is 9.11.